The van der Waals surface area contributed by atoms with Crippen molar-refractivity contribution in [1.82, 2.24) is 19.3 Å². The molecule has 0 aliphatic heterocycles. The first-order valence-electron chi connectivity index (χ1n) is 9.88. The van der Waals surface area contributed by atoms with Crippen LogP contribution in [0.2, 0.25) is 0 Å². The van der Waals surface area contributed by atoms with Crippen molar-refractivity contribution in [2.45, 2.75) is 39.4 Å². The molecule has 0 aliphatic carbocycles. The lowest BCUT2D eigenvalue weighted by Gasteiger charge is -2.10. The Balaban J connectivity index is 1.54. The van der Waals surface area contributed by atoms with Crippen LogP contribution in [0.5, 0.6) is 0 Å². The van der Waals surface area contributed by atoms with Crippen molar-refractivity contribution in [3.63, 3.8) is 0 Å². The normalized spacial score (nSPS) is 11.2. The number of benzene rings is 1. The Labute approximate surface area is 184 Å². The summed E-state index contributed by atoms with van der Waals surface area (Å²) in [6.07, 6.45) is 0. The summed E-state index contributed by atoms with van der Waals surface area (Å²) in [6, 6.07) is 14.4. The Kier molecular flexibility index (Phi) is 5.92. The van der Waals surface area contributed by atoms with Gasteiger partial charge in [0.25, 0.3) is 0 Å². The van der Waals surface area contributed by atoms with Crippen LogP contribution >= 0.6 is 23.1 Å². The summed E-state index contributed by atoms with van der Waals surface area (Å²) in [5, 5.41) is 11.5. The van der Waals surface area contributed by atoms with Crippen LogP contribution in [0, 0.1) is 20.8 Å². The molecule has 30 heavy (non-hydrogen) atoms. The topological polar surface area (TPSA) is 52.7 Å². The molecule has 0 bridgehead atoms. The number of thiophene rings is 1. The highest BCUT2D eigenvalue weighted by atomic mass is 32.2. The Bertz CT molecular complexity index is 1170. The average molecular weight is 437 g/mol. The van der Waals surface area contributed by atoms with E-state index in [0.717, 1.165) is 45.0 Å². The van der Waals surface area contributed by atoms with Crippen molar-refractivity contribution < 1.29 is 4.79 Å². The molecule has 0 saturated heterocycles. The van der Waals surface area contributed by atoms with Gasteiger partial charge in [0.05, 0.1) is 10.6 Å². The van der Waals surface area contributed by atoms with Gasteiger partial charge in [-0.2, -0.15) is 0 Å². The second-order valence-electron chi connectivity index (χ2n) is 7.20. The number of rotatable bonds is 7. The van der Waals surface area contributed by atoms with Gasteiger partial charge in [0, 0.05) is 29.2 Å². The molecule has 0 aliphatic rings. The fourth-order valence-corrected chi connectivity index (χ4v) is 5.22. The molecule has 4 rings (SSSR count). The highest BCUT2D eigenvalue weighted by molar-refractivity contribution is 7.99. The van der Waals surface area contributed by atoms with Crippen molar-refractivity contribution in [2.75, 3.05) is 5.75 Å². The van der Waals surface area contributed by atoms with Crippen molar-refractivity contribution in [3.05, 3.63) is 70.4 Å². The maximum atomic E-state index is 13.0. The van der Waals surface area contributed by atoms with E-state index >= 15 is 0 Å². The van der Waals surface area contributed by atoms with Crippen LogP contribution < -0.4 is 0 Å². The molecular weight excluding hydrogens is 412 g/mol. The Morgan fingerprint density at radius 3 is 2.53 bits per heavy atom. The molecule has 0 fully saturated rings. The molecule has 0 unspecified atom stereocenters. The maximum absolute atomic E-state index is 13.0. The number of hydrogen-bond donors (Lipinski definition) is 0. The largest absolute Gasteiger partial charge is 0.318 e. The quantitative estimate of drug-likeness (QED) is 0.275. The van der Waals surface area contributed by atoms with Gasteiger partial charge in [0.2, 0.25) is 0 Å². The Morgan fingerprint density at radius 2 is 1.87 bits per heavy atom. The van der Waals surface area contributed by atoms with E-state index in [-0.39, 0.29) is 5.78 Å². The molecule has 0 radical (unpaired) electrons. The standard InChI is InChI=1S/C23H24N4OS2/c1-5-26-22(21-7-6-12-29-21)24-25-23(26)30-14-20(28)19-13-16(3)27(17(19)4)18-10-8-15(2)9-11-18/h6-13H,5,14H2,1-4H3. The van der Waals surface area contributed by atoms with Crippen molar-refractivity contribution in [3.8, 4) is 16.4 Å². The van der Waals surface area contributed by atoms with Crippen LogP contribution in [0.4, 0.5) is 0 Å². The van der Waals surface area contributed by atoms with Gasteiger partial charge in [-0.3, -0.25) is 4.79 Å². The molecule has 5 nitrogen and oxygen atoms in total. The van der Waals surface area contributed by atoms with Gasteiger partial charge in [0.1, 0.15) is 0 Å². The number of hydrogen-bond acceptors (Lipinski definition) is 5. The van der Waals surface area contributed by atoms with Crippen LogP contribution in [0.1, 0.15) is 34.2 Å². The number of thioether (sulfide) groups is 1. The number of carbonyl (C=O) groups is 1. The minimum Gasteiger partial charge on any atom is -0.318 e. The number of ketones is 1. The fourth-order valence-electron chi connectivity index (χ4n) is 3.61. The molecule has 3 aromatic heterocycles. The SMILES string of the molecule is CCn1c(SCC(=O)c2cc(C)n(-c3ccc(C)cc3)c2C)nnc1-c1cccs1. The molecule has 154 valence electrons. The van der Waals surface area contributed by atoms with Gasteiger partial charge in [-0.05, 0) is 57.3 Å². The zero-order chi connectivity index (χ0) is 21.3. The lowest BCUT2D eigenvalue weighted by Crippen LogP contribution is -2.07. The number of carbonyl (C=O) groups excluding carboxylic acids is 1. The van der Waals surface area contributed by atoms with Gasteiger partial charge in [-0.1, -0.05) is 35.5 Å². The van der Waals surface area contributed by atoms with E-state index in [9.17, 15) is 4.79 Å². The third kappa shape index (κ3) is 3.87. The van der Waals surface area contributed by atoms with Gasteiger partial charge >= 0.3 is 0 Å². The van der Waals surface area contributed by atoms with Crippen LogP contribution in [0.15, 0.2) is 53.0 Å². The van der Waals surface area contributed by atoms with E-state index in [4.69, 9.17) is 0 Å². The second-order valence-corrected chi connectivity index (χ2v) is 9.09. The van der Waals surface area contributed by atoms with E-state index in [1.165, 1.54) is 17.3 Å². The second kappa shape index (κ2) is 8.62. The lowest BCUT2D eigenvalue weighted by atomic mass is 10.2. The van der Waals surface area contributed by atoms with E-state index < -0.39 is 0 Å². The summed E-state index contributed by atoms with van der Waals surface area (Å²) in [5.41, 5.74) is 5.09. The smallest absolute Gasteiger partial charge is 0.191 e. The first-order valence-corrected chi connectivity index (χ1v) is 11.7. The summed E-state index contributed by atoms with van der Waals surface area (Å²) in [7, 11) is 0. The Hall–Kier alpha value is -2.64. The molecule has 0 N–H and O–H groups in total. The average Bonchev–Trinajstić information content (AvgIpc) is 3.46. The van der Waals surface area contributed by atoms with Crippen molar-refractivity contribution in [1.29, 1.82) is 0 Å². The molecular formula is C23H24N4OS2. The molecule has 7 heteroatoms. The van der Waals surface area contributed by atoms with Crippen molar-refractivity contribution >= 4 is 28.9 Å². The molecule has 3 heterocycles. The van der Waals surface area contributed by atoms with E-state index in [2.05, 4.69) is 57.4 Å². The summed E-state index contributed by atoms with van der Waals surface area (Å²) in [6.45, 7) is 8.95. The van der Waals surface area contributed by atoms with Crippen LogP contribution in [0.3, 0.4) is 0 Å². The molecule has 0 atom stereocenters. The van der Waals surface area contributed by atoms with E-state index in [1.807, 2.05) is 37.4 Å². The molecule has 0 saturated carbocycles. The minimum absolute atomic E-state index is 0.106. The lowest BCUT2D eigenvalue weighted by molar-refractivity contribution is 0.102. The van der Waals surface area contributed by atoms with E-state index in [1.54, 1.807) is 11.3 Å². The number of aromatic nitrogens is 4. The zero-order valence-corrected chi connectivity index (χ0v) is 19.2. The third-order valence-electron chi connectivity index (χ3n) is 5.13. The highest BCUT2D eigenvalue weighted by Gasteiger charge is 2.19. The third-order valence-corrected chi connectivity index (χ3v) is 6.96. The predicted molar refractivity (Wildman–Crippen MR) is 124 cm³/mol. The number of aryl methyl sites for hydroxylation is 2. The molecule has 0 amide bonds. The summed E-state index contributed by atoms with van der Waals surface area (Å²) in [4.78, 5) is 14.1. The molecule has 0 spiro atoms. The fraction of sp³-hybridized carbons (Fsp3) is 0.261. The van der Waals surface area contributed by atoms with E-state index in [0.29, 0.717) is 5.75 Å². The summed E-state index contributed by atoms with van der Waals surface area (Å²) in [5.74, 6) is 1.30. The summed E-state index contributed by atoms with van der Waals surface area (Å²) >= 11 is 3.09. The van der Waals surface area contributed by atoms with Gasteiger partial charge in [-0.25, -0.2) is 0 Å². The van der Waals surface area contributed by atoms with Crippen LogP contribution in [-0.4, -0.2) is 30.9 Å². The van der Waals surface area contributed by atoms with Gasteiger partial charge < -0.3 is 9.13 Å². The minimum atomic E-state index is 0.106. The van der Waals surface area contributed by atoms with Crippen LogP contribution in [0.25, 0.3) is 16.4 Å². The monoisotopic (exact) mass is 436 g/mol. The maximum Gasteiger partial charge on any atom is 0.191 e. The molecule has 1 aromatic carbocycles. The number of nitrogens with zero attached hydrogens (tertiary/aromatic N) is 4. The first-order chi connectivity index (χ1) is 14.5. The first kappa shape index (κ1) is 20.6. The number of Topliss-reactive ketones (excluding diaryl/α,β-unsaturated/α-hetero) is 1. The zero-order valence-electron chi connectivity index (χ0n) is 17.5. The Morgan fingerprint density at radius 1 is 1.10 bits per heavy atom. The van der Waals surface area contributed by atoms with Gasteiger partial charge in [0.15, 0.2) is 16.8 Å². The summed E-state index contributed by atoms with van der Waals surface area (Å²) < 4.78 is 4.21. The predicted octanol–water partition coefficient (Wildman–Crippen LogP) is 5.72. The van der Waals surface area contributed by atoms with Crippen LogP contribution in [-0.2, 0) is 6.54 Å². The van der Waals surface area contributed by atoms with Crippen molar-refractivity contribution in [2.24, 2.45) is 0 Å². The highest BCUT2D eigenvalue weighted by Crippen LogP contribution is 2.28. The van der Waals surface area contributed by atoms with Gasteiger partial charge in [-0.15, -0.1) is 21.5 Å². The molecule has 4 aromatic rings.